The van der Waals surface area contributed by atoms with E-state index < -0.39 is 0 Å². The molecule has 4 heteroatoms. The zero-order chi connectivity index (χ0) is 23.8. The molecule has 3 aromatic rings. The van der Waals surface area contributed by atoms with Crippen LogP contribution in [0.15, 0.2) is 54.6 Å². The zero-order valence-electron chi connectivity index (χ0n) is 20.5. The number of rotatable bonds is 9. The van der Waals surface area contributed by atoms with Crippen molar-refractivity contribution < 1.29 is 19.0 Å². The molecule has 7 rings (SSSR count). The summed E-state index contributed by atoms with van der Waals surface area (Å²) in [5.74, 6) is 3.58. The van der Waals surface area contributed by atoms with Gasteiger partial charge in [-0.3, -0.25) is 4.79 Å². The maximum absolute atomic E-state index is 11.1. The second kappa shape index (κ2) is 9.40. The predicted molar refractivity (Wildman–Crippen MR) is 138 cm³/mol. The molecule has 35 heavy (non-hydrogen) atoms. The predicted octanol–water partition coefficient (Wildman–Crippen LogP) is 6.79. The lowest BCUT2D eigenvalue weighted by molar-refractivity contribution is -0.0188. The second-order valence-corrected chi connectivity index (χ2v) is 11.0. The van der Waals surface area contributed by atoms with Gasteiger partial charge in [0.15, 0.2) is 6.79 Å². The normalized spacial score (nSPS) is 26.8. The first kappa shape index (κ1) is 22.8. The van der Waals surface area contributed by atoms with Crippen molar-refractivity contribution in [1.82, 2.24) is 0 Å². The van der Waals surface area contributed by atoms with Crippen LogP contribution in [0.3, 0.4) is 0 Å². The molecule has 4 aliphatic rings. The summed E-state index contributed by atoms with van der Waals surface area (Å²) in [5, 5.41) is 2.43. The van der Waals surface area contributed by atoms with Crippen molar-refractivity contribution in [3.8, 4) is 16.9 Å². The van der Waals surface area contributed by atoms with Gasteiger partial charge in [0.25, 0.3) is 0 Å². The Labute approximate surface area is 207 Å². The van der Waals surface area contributed by atoms with Gasteiger partial charge in [0.05, 0.1) is 13.2 Å². The van der Waals surface area contributed by atoms with Crippen molar-refractivity contribution in [2.24, 2.45) is 17.8 Å². The van der Waals surface area contributed by atoms with E-state index >= 15 is 0 Å². The highest BCUT2D eigenvalue weighted by molar-refractivity contribution is 5.90. The number of ether oxygens (including phenoxy) is 3. The van der Waals surface area contributed by atoms with E-state index in [1.54, 1.807) is 7.11 Å². The Balaban J connectivity index is 1.38. The molecule has 0 N–H and O–H groups in total. The van der Waals surface area contributed by atoms with E-state index in [0.29, 0.717) is 18.8 Å². The van der Waals surface area contributed by atoms with Crippen molar-refractivity contribution in [2.75, 3.05) is 27.1 Å². The van der Waals surface area contributed by atoms with Crippen molar-refractivity contribution in [3.63, 3.8) is 0 Å². The second-order valence-electron chi connectivity index (χ2n) is 11.0. The minimum atomic E-state index is 0.229. The summed E-state index contributed by atoms with van der Waals surface area (Å²) in [5.41, 5.74) is 4.61. The van der Waals surface area contributed by atoms with Crippen LogP contribution >= 0.6 is 0 Å². The Morgan fingerprint density at radius 2 is 1.51 bits per heavy atom. The Morgan fingerprint density at radius 3 is 2.17 bits per heavy atom. The van der Waals surface area contributed by atoms with Crippen molar-refractivity contribution >= 4 is 17.1 Å². The maximum atomic E-state index is 11.1. The fourth-order valence-corrected chi connectivity index (χ4v) is 7.49. The Bertz CT molecular complexity index is 1180. The standard InChI is InChI=1S/C31H34O4/c1-33-8-9-34-20-35-30-15-27-7-6-26(25-4-2-21(19-32)3-5-25)13-28(27)14-29(30)31-16-22-10-23(17-31)12-24(11-22)18-31/h2-7,13-15,19,22-24H,8-12,16-18,20H2,1H3. The third-order valence-corrected chi connectivity index (χ3v) is 8.66. The van der Waals surface area contributed by atoms with Crippen LogP contribution in [0.1, 0.15) is 54.4 Å². The largest absolute Gasteiger partial charge is 0.467 e. The smallest absolute Gasteiger partial charge is 0.189 e. The molecule has 0 amide bonds. The van der Waals surface area contributed by atoms with Gasteiger partial charge in [-0.05, 0) is 102 Å². The van der Waals surface area contributed by atoms with Gasteiger partial charge in [-0.25, -0.2) is 0 Å². The lowest BCUT2D eigenvalue weighted by Gasteiger charge is -2.57. The van der Waals surface area contributed by atoms with Crippen LogP contribution in [0, 0.1) is 17.8 Å². The molecular formula is C31H34O4. The molecule has 4 aliphatic carbocycles. The molecule has 4 nitrogen and oxygen atoms in total. The summed E-state index contributed by atoms with van der Waals surface area (Å²) >= 11 is 0. The van der Waals surface area contributed by atoms with E-state index in [9.17, 15) is 4.79 Å². The van der Waals surface area contributed by atoms with Crippen LogP contribution in [-0.4, -0.2) is 33.4 Å². The Hall–Kier alpha value is -2.69. The molecule has 4 bridgehead atoms. The van der Waals surface area contributed by atoms with E-state index in [2.05, 4.69) is 30.3 Å². The SMILES string of the molecule is COCCOCOc1cc2ccc(-c3ccc(C=O)cc3)cc2cc1C12CC3CC(CC(C3)C1)C2. The molecular weight excluding hydrogens is 436 g/mol. The number of methoxy groups -OCH3 is 1. The van der Waals surface area contributed by atoms with Gasteiger partial charge in [-0.2, -0.15) is 0 Å². The quantitative estimate of drug-likeness (QED) is 0.196. The number of hydrogen-bond donors (Lipinski definition) is 0. The van der Waals surface area contributed by atoms with Gasteiger partial charge in [0, 0.05) is 18.2 Å². The Morgan fingerprint density at radius 1 is 0.829 bits per heavy atom. The van der Waals surface area contributed by atoms with Crippen molar-refractivity contribution in [3.05, 3.63) is 65.7 Å². The van der Waals surface area contributed by atoms with E-state index in [0.717, 1.165) is 35.4 Å². The van der Waals surface area contributed by atoms with E-state index in [4.69, 9.17) is 14.2 Å². The molecule has 182 valence electrons. The first-order valence-electron chi connectivity index (χ1n) is 13.0. The summed E-state index contributed by atoms with van der Waals surface area (Å²) in [6.45, 7) is 1.35. The molecule has 0 spiro atoms. The lowest BCUT2D eigenvalue weighted by atomic mass is 9.48. The monoisotopic (exact) mass is 470 g/mol. The van der Waals surface area contributed by atoms with Gasteiger partial charge in [-0.15, -0.1) is 0 Å². The zero-order valence-corrected chi connectivity index (χ0v) is 20.5. The minimum absolute atomic E-state index is 0.229. The molecule has 4 saturated carbocycles. The number of hydrogen-bond acceptors (Lipinski definition) is 4. The number of aldehydes is 1. The van der Waals surface area contributed by atoms with E-state index in [1.807, 2.05) is 24.3 Å². The molecule has 0 aliphatic heterocycles. The highest BCUT2D eigenvalue weighted by Gasteiger charge is 2.52. The highest BCUT2D eigenvalue weighted by Crippen LogP contribution is 2.62. The third kappa shape index (κ3) is 4.39. The van der Waals surface area contributed by atoms with Crippen LogP contribution in [0.25, 0.3) is 21.9 Å². The van der Waals surface area contributed by atoms with Crippen LogP contribution in [0.4, 0.5) is 0 Å². The van der Waals surface area contributed by atoms with E-state index in [-0.39, 0.29) is 12.2 Å². The van der Waals surface area contributed by atoms with Crippen molar-refractivity contribution in [2.45, 2.75) is 43.9 Å². The molecule has 0 unspecified atom stereocenters. The topological polar surface area (TPSA) is 44.8 Å². The fourth-order valence-electron chi connectivity index (χ4n) is 7.49. The summed E-state index contributed by atoms with van der Waals surface area (Å²) in [6.07, 6.45) is 9.02. The van der Waals surface area contributed by atoms with Gasteiger partial charge >= 0.3 is 0 Å². The number of carbonyl (C=O) groups excluding carboxylic acids is 1. The maximum Gasteiger partial charge on any atom is 0.189 e. The summed E-state index contributed by atoms with van der Waals surface area (Å²) in [7, 11) is 1.68. The molecule has 4 fully saturated rings. The molecule has 0 saturated heterocycles. The molecule has 0 heterocycles. The lowest BCUT2D eigenvalue weighted by Crippen LogP contribution is -2.48. The molecule has 0 aromatic heterocycles. The summed E-state index contributed by atoms with van der Waals surface area (Å²) < 4.78 is 17.1. The van der Waals surface area contributed by atoms with Crippen LogP contribution < -0.4 is 4.74 Å². The molecule has 0 radical (unpaired) electrons. The molecule has 3 aromatic carbocycles. The van der Waals surface area contributed by atoms with Crippen LogP contribution in [0.2, 0.25) is 0 Å². The third-order valence-electron chi connectivity index (χ3n) is 8.66. The average molecular weight is 471 g/mol. The summed E-state index contributed by atoms with van der Waals surface area (Å²) in [4.78, 5) is 11.1. The van der Waals surface area contributed by atoms with Crippen LogP contribution in [-0.2, 0) is 14.9 Å². The minimum Gasteiger partial charge on any atom is -0.467 e. The highest BCUT2D eigenvalue weighted by atomic mass is 16.7. The average Bonchev–Trinajstić information content (AvgIpc) is 2.87. The first-order valence-corrected chi connectivity index (χ1v) is 13.0. The number of benzene rings is 3. The first-order chi connectivity index (χ1) is 17.2. The van der Waals surface area contributed by atoms with Gasteiger partial charge in [-0.1, -0.05) is 36.4 Å². The fraction of sp³-hybridized carbons (Fsp3) is 0.452. The van der Waals surface area contributed by atoms with Gasteiger partial charge < -0.3 is 14.2 Å². The number of carbonyl (C=O) groups is 1. The van der Waals surface area contributed by atoms with E-state index in [1.165, 1.54) is 60.4 Å². The molecule has 0 atom stereocenters. The summed E-state index contributed by atoms with van der Waals surface area (Å²) in [6, 6.07) is 19.1. The van der Waals surface area contributed by atoms with Crippen LogP contribution in [0.5, 0.6) is 5.75 Å². The van der Waals surface area contributed by atoms with Crippen molar-refractivity contribution in [1.29, 1.82) is 0 Å². The Kier molecular flexibility index (Phi) is 6.11. The number of fused-ring (bicyclic) bond motifs is 1. The van der Waals surface area contributed by atoms with Gasteiger partial charge in [0.1, 0.15) is 12.0 Å². The van der Waals surface area contributed by atoms with Gasteiger partial charge in [0.2, 0.25) is 0 Å².